The Morgan fingerprint density at radius 1 is 1.75 bits per heavy atom. The molecule has 0 spiro atoms. The summed E-state index contributed by atoms with van der Waals surface area (Å²) >= 11 is 0. The normalized spacial score (nSPS) is 16.1. The summed E-state index contributed by atoms with van der Waals surface area (Å²) in [5.41, 5.74) is 4.83. The number of rotatable bonds is 2. The lowest BCUT2D eigenvalue weighted by molar-refractivity contribution is -0.223. The van der Waals surface area contributed by atoms with E-state index in [4.69, 9.17) is 15.9 Å². The fourth-order valence-corrected chi connectivity index (χ4v) is 0.223. The van der Waals surface area contributed by atoms with Crippen LogP contribution in [0.15, 0.2) is 0 Å². The van der Waals surface area contributed by atoms with Gasteiger partial charge in [-0.1, -0.05) is 0 Å². The van der Waals surface area contributed by atoms with E-state index in [0.29, 0.717) is 0 Å². The summed E-state index contributed by atoms with van der Waals surface area (Å²) in [6, 6.07) is 0. The molecule has 1 unspecified atom stereocenters. The maximum absolute atomic E-state index is 10.3. The molecule has 0 aromatic rings. The summed E-state index contributed by atoms with van der Waals surface area (Å²) in [4.78, 5) is 0. The Balaban J connectivity index is 3.62. The van der Waals surface area contributed by atoms with Crippen LogP contribution >= 0.6 is 0 Å². The molecule has 0 saturated carbocycles. The maximum atomic E-state index is 10.3. The summed E-state index contributed by atoms with van der Waals surface area (Å²) in [7, 11) is 0. The number of nitrogens with two attached hydrogens (primary N) is 1. The lowest BCUT2D eigenvalue weighted by Gasteiger charge is -2.18. The third-order valence-corrected chi connectivity index (χ3v) is 0.824. The van der Waals surface area contributed by atoms with E-state index in [2.05, 4.69) is 0 Å². The molecule has 4 heteroatoms. The minimum Gasteiger partial charge on any atom is -0.364 e. The summed E-state index contributed by atoms with van der Waals surface area (Å²) in [5.74, 6) is -2.17. The van der Waals surface area contributed by atoms with Crippen LogP contribution in [0, 0.1) is 0 Å². The van der Waals surface area contributed by atoms with Crippen molar-refractivity contribution in [3.63, 3.8) is 0 Å². The molecule has 0 heterocycles. The summed E-state index contributed by atoms with van der Waals surface area (Å²) in [5, 5.41) is 27.2. The van der Waals surface area contributed by atoms with E-state index in [0.717, 1.165) is 6.92 Å². The first-order chi connectivity index (χ1) is 3.48. The number of aliphatic hydroxyl groups is 2. The standard InChI is InChI=1S/C4H10NO3/c1-4(7,8)3(6)2-5/h3,7-8H,2,5H2,1H3. The van der Waals surface area contributed by atoms with Crippen molar-refractivity contribution in [3.05, 3.63) is 0 Å². The third kappa shape index (κ3) is 2.23. The molecule has 4 N–H and O–H groups in total. The molecular weight excluding hydrogens is 110 g/mol. The first-order valence-electron chi connectivity index (χ1n) is 2.29. The molecular formula is C4H10NO3. The van der Waals surface area contributed by atoms with Gasteiger partial charge in [0.2, 0.25) is 0 Å². The molecule has 0 aromatic carbocycles. The van der Waals surface area contributed by atoms with Crippen LogP contribution in [-0.4, -0.2) is 28.6 Å². The van der Waals surface area contributed by atoms with Gasteiger partial charge < -0.3 is 15.9 Å². The Kier molecular flexibility index (Phi) is 2.36. The van der Waals surface area contributed by atoms with Crippen LogP contribution in [0.3, 0.4) is 0 Å². The average Bonchev–Trinajstić information content (AvgIpc) is 1.62. The molecule has 1 atom stereocenters. The molecule has 0 bridgehead atoms. The van der Waals surface area contributed by atoms with E-state index in [9.17, 15) is 5.11 Å². The second kappa shape index (κ2) is 2.41. The molecule has 1 radical (unpaired) electrons. The Labute approximate surface area is 47.6 Å². The SMILES string of the molecule is CC(O)(O)C([O])CN. The van der Waals surface area contributed by atoms with E-state index in [-0.39, 0.29) is 6.54 Å². The lowest BCUT2D eigenvalue weighted by atomic mass is 10.2. The van der Waals surface area contributed by atoms with Crippen molar-refractivity contribution in [2.24, 2.45) is 5.73 Å². The van der Waals surface area contributed by atoms with Gasteiger partial charge in [0.05, 0.1) is 0 Å². The first-order valence-corrected chi connectivity index (χ1v) is 2.29. The summed E-state index contributed by atoms with van der Waals surface area (Å²) in [6.07, 6.45) is -1.51. The molecule has 8 heavy (non-hydrogen) atoms. The highest BCUT2D eigenvalue weighted by Gasteiger charge is 2.26. The Hall–Kier alpha value is -0.160. The molecule has 49 valence electrons. The Morgan fingerprint density at radius 2 is 2.12 bits per heavy atom. The number of hydrogen-bond acceptors (Lipinski definition) is 3. The van der Waals surface area contributed by atoms with Gasteiger partial charge in [-0.3, -0.25) is 0 Å². The molecule has 0 fully saturated rings. The summed E-state index contributed by atoms with van der Waals surface area (Å²) in [6.45, 7) is 0.751. The van der Waals surface area contributed by atoms with Gasteiger partial charge in [0.1, 0.15) is 0 Å². The fraction of sp³-hybridized carbons (Fsp3) is 1.00. The van der Waals surface area contributed by atoms with Gasteiger partial charge in [0.25, 0.3) is 0 Å². The van der Waals surface area contributed by atoms with E-state index in [1.165, 1.54) is 0 Å². The predicted molar refractivity (Wildman–Crippen MR) is 26.4 cm³/mol. The van der Waals surface area contributed by atoms with Crippen LogP contribution in [-0.2, 0) is 5.11 Å². The van der Waals surface area contributed by atoms with Gasteiger partial charge in [0.15, 0.2) is 11.9 Å². The maximum Gasteiger partial charge on any atom is 0.191 e. The highest BCUT2D eigenvalue weighted by Crippen LogP contribution is 2.02. The topological polar surface area (TPSA) is 86.4 Å². The highest BCUT2D eigenvalue weighted by atomic mass is 16.5. The zero-order valence-electron chi connectivity index (χ0n) is 4.66. The van der Waals surface area contributed by atoms with Crippen LogP contribution in [0.2, 0.25) is 0 Å². The van der Waals surface area contributed by atoms with Crippen LogP contribution in [0.1, 0.15) is 6.92 Å². The van der Waals surface area contributed by atoms with Crippen LogP contribution in [0.25, 0.3) is 0 Å². The van der Waals surface area contributed by atoms with Crippen molar-refractivity contribution >= 4 is 0 Å². The van der Waals surface area contributed by atoms with Gasteiger partial charge in [-0.25, -0.2) is 5.11 Å². The predicted octanol–water partition coefficient (Wildman–Crippen LogP) is -1.55. The molecule has 0 aliphatic heterocycles. The highest BCUT2D eigenvalue weighted by molar-refractivity contribution is 4.68. The molecule has 0 amide bonds. The van der Waals surface area contributed by atoms with Crippen molar-refractivity contribution < 1.29 is 15.3 Å². The quantitative estimate of drug-likeness (QED) is 0.385. The van der Waals surface area contributed by atoms with Gasteiger partial charge in [-0.15, -0.1) is 0 Å². The minimum atomic E-state index is -2.17. The van der Waals surface area contributed by atoms with Crippen LogP contribution < -0.4 is 5.73 Å². The smallest absolute Gasteiger partial charge is 0.191 e. The molecule has 0 saturated heterocycles. The van der Waals surface area contributed by atoms with Gasteiger partial charge in [-0.05, 0) is 6.92 Å². The van der Waals surface area contributed by atoms with Gasteiger partial charge in [0, 0.05) is 6.54 Å². The summed E-state index contributed by atoms with van der Waals surface area (Å²) < 4.78 is 0. The Morgan fingerprint density at radius 3 is 2.12 bits per heavy atom. The van der Waals surface area contributed by atoms with Crippen LogP contribution in [0.5, 0.6) is 0 Å². The fourth-order valence-electron chi connectivity index (χ4n) is 0.223. The molecule has 0 aromatic heterocycles. The van der Waals surface area contributed by atoms with Gasteiger partial charge in [-0.2, -0.15) is 0 Å². The minimum absolute atomic E-state index is 0.260. The second-order valence-corrected chi connectivity index (χ2v) is 1.82. The van der Waals surface area contributed by atoms with Gasteiger partial charge >= 0.3 is 0 Å². The van der Waals surface area contributed by atoms with Crippen molar-refractivity contribution in [2.75, 3.05) is 6.54 Å². The lowest BCUT2D eigenvalue weighted by Crippen LogP contribution is -2.42. The monoisotopic (exact) mass is 120 g/mol. The molecule has 0 rings (SSSR count). The number of hydrogen-bond donors (Lipinski definition) is 3. The molecule has 0 aliphatic rings. The average molecular weight is 120 g/mol. The Bertz CT molecular complexity index is 68.2. The van der Waals surface area contributed by atoms with Crippen molar-refractivity contribution in [3.8, 4) is 0 Å². The zero-order valence-corrected chi connectivity index (χ0v) is 4.66. The van der Waals surface area contributed by atoms with Crippen molar-refractivity contribution in [1.29, 1.82) is 0 Å². The molecule has 4 nitrogen and oxygen atoms in total. The van der Waals surface area contributed by atoms with Crippen LogP contribution in [0.4, 0.5) is 0 Å². The van der Waals surface area contributed by atoms with E-state index in [1.807, 2.05) is 0 Å². The second-order valence-electron chi connectivity index (χ2n) is 1.82. The third-order valence-electron chi connectivity index (χ3n) is 0.824. The first kappa shape index (κ1) is 7.84. The van der Waals surface area contributed by atoms with Crippen molar-refractivity contribution in [2.45, 2.75) is 18.8 Å². The largest absolute Gasteiger partial charge is 0.364 e. The van der Waals surface area contributed by atoms with E-state index in [1.54, 1.807) is 0 Å². The zero-order chi connectivity index (χ0) is 6.78. The molecule has 0 aliphatic carbocycles. The van der Waals surface area contributed by atoms with Crippen molar-refractivity contribution in [1.82, 2.24) is 0 Å². The van der Waals surface area contributed by atoms with E-state index < -0.39 is 11.9 Å². The van der Waals surface area contributed by atoms with E-state index >= 15 is 0 Å².